The summed E-state index contributed by atoms with van der Waals surface area (Å²) in [6, 6.07) is 0. The normalized spacial score (nSPS) is 4.80. The van der Waals surface area contributed by atoms with Crippen molar-refractivity contribution in [1.82, 2.24) is 0 Å². The molecule has 6 nitrogen and oxygen atoms in total. The number of hydrogen-bond donors (Lipinski definition) is 0. The molecule has 0 aromatic carbocycles. The summed E-state index contributed by atoms with van der Waals surface area (Å²) in [5.41, 5.74) is 0. The minimum absolute atomic E-state index is 0. The third-order valence-electron chi connectivity index (χ3n) is 0. The van der Waals surface area contributed by atoms with Crippen LogP contribution in [0.15, 0.2) is 0 Å². The third-order valence-corrected chi connectivity index (χ3v) is 0. The van der Waals surface area contributed by atoms with Crippen molar-refractivity contribution in [1.29, 1.82) is 0 Å². The fraction of sp³-hybridized carbons (Fsp3) is 0. The Morgan fingerprint density at radius 1 is 0.800 bits per heavy atom. The summed E-state index contributed by atoms with van der Waals surface area (Å²) in [7, 11) is -7.26. The van der Waals surface area contributed by atoms with Crippen LogP contribution in [0.5, 0.6) is 0 Å². The van der Waals surface area contributed by atoms with Gasteiger partial charge in [0.15, 0.2) is 0 Å². The van der Waals surface area contributed by atoms with E-state index in [1.54, 1.807) is 0 Å². The molecule has 0 aromatic heterocycles. The van der Waals surface area contributed by atoms with Gasteiger partial charge in [0, 0.05) is 29.3 Å². The molecule has 0 saturated carbocycles. The van der Waals surface area contributed by atoms with Gasteiger partial charge in [-0.15, -0.1) is 0 Å². The summed E-state index contributed by atoms with van der Waals surface area (Å²) >= 11 is 0. The van der Waals surface area contributed by atoms with Crippen molar-refractivity contribution in [2.75, 3.05) is 0 Å². The monoisotopic (exact) mass is 360 g/mol. The van der Waals surface area contributed by atoms with E-state index >= 15 is 0 Å². The Balaban J connectivity index is -0.0000000300. The van der Waals surface area contributed by atoms with Gasteiger partial charge in [-0.3, -0.25) is 0 Å². The second kappa shape index (κ2) is 16.2. The first-order valence-corrected chi connectivity index (χ1v) is 3.67. The van der Waals surface area contributed by atoms with E-state index in [0.717, 1.165) is 0 Å². The average molecular weight is 359 g/mol. The quantitative estimate of drug-likeness (QED) is 0.397. The molecule has 0 aliphatic rings. The van der Waals surface area contributed by atoms with Gasteiger partial charge in [-0.1, -0.05) is 0 Å². The van der Waals surface area contributed by atoms with E-state index in [1.165, 1.54) is 0 Å². The molecule has 52 valence electrons. The third kappa shape index (κ3) is 4330. The molecule has 0 aliphatic heterocycles. The van der Waals surface area contributed by atoms with Crippen molar-refractivity contribution >= 4 is 29.3 Å². The molecule has 0 spiro atoms. The van der Waals surface area contributed by atoms with Gasteiger partial charge >= 0.3 is 25.8 Å². The Morgan fingerprint density at radius 2 is 0.800 bits per heavy atom. The smallest absolute Gasteiger partial charge is 0.672 e. The van der Waals surface area contributed by atoms with Gasteiger partial charge in [-0.25, -0.2) is 0 Å². The van der Waals surface area contributed by atoms with Gasteiger partial charge in [0.05, 0.1) is 0 Å². The van der Waals surface area contributed by atoms with Crippen molar-refractivity contribution in [3.05, 3.63) is 0 Å². The minimum Gasteiger partial charge on any atom is -0.672 e. The Hall–Kier alpha value is 0.321. The van der Waals surface area contributed by atoms with E-state index < -0.39 is 18.3 Å². The van der Waals surface area contributed by atoms with Crippen LogP contribution in [0.25, 0.3) is 0 Å². The Morgan fingerprint density at radius 3 is 0.800 bits per heavy atom. The Bertz CT molecular complexity index is 71.0. The molecule has 0 rings (SSSR count). The summed E-state index contributed by atoms with van der Waals surface area (Å²) in [6.07, 6.45) is 0. The molecule has 10 heteroatoms. The summed E-state index contributed by atoms with van der Waals surface area (Å²) in [4.78, 5) is 34.1. The van der Waals surface area contributed by atoms with Crippen LogP contribution >= 0.6 is 0 Å². The van der Waals surface area contributed by atoms with Crippen molar-refractivity contribution in [2.45, 2.75) is 0 Å². The summed E-state index contributed by atoms with van der Waals surface area (Å²) in [5, 5.41) is 0. The second-order valence-corrected chi connectivity index (χ2v) is 1.50. The Kier molecular flexibility index (Phi) is 36.3. The van der Waals surface area contributed by atoms with E-state index in [0.29, 0.717) is 0 Å². The number of hydrogen-bond acceptors (Lipinski definition) is 6. The van der Waals surface area contributed by atoms with Gasteiger partial charge in [0.25, 0.3) is 0 Å². The average Bonchev–Trinajstić information content (AvgIpc) is 1.25. The standard InChI is InChI=1S/Hf.2O3Si.Si/c;2*1-4(2)3;/q+4;2*-2;. The molecule has 10 heavy (non-hydrogen) atoms. The summed E-state index contributed by atoms with van der Waals surface area (Å²) < 4.78 is 17.0. The van der Waals surface area contributed by atoms with Gasteiger partial charge in [0.2, 0.25) is 0 Å². The van der Waals surface area contributed by atoms with Crippen LogP contribution in [0.2, 0.25) is 0 Å². The fourth-order valence-electron chi connectivity index (χ4n) is 0. The summed E-state index contributed by atoms with van der Waals surface area (Å²) in [6.45, 7) is 0. The van der Waals surface area contributed by atoms with Crippen molar-refractivity contribution in [3.63, 3.8) is 0 Å². The molecule has 0 bridgehead atoms. The molecule has 0 atom stereocenters. The van der Waals surface area contributed by atoms with Crippen LogP contribution in [-0.4, -0.2) is 29.3 Å². The van der Waals surface area contributed by atoms with Crippen LogP contribution < -0.4 is 19.2 Å². The van der Waals surface area contributed by atoms with E-state index in [4.69, 9.17) is 28.1 Å². The van der Waals surface area contributed by atoms with E-state index in [9.17, 15) is 0 Å². The topological polar surface area (TPSA) is 126 Å². The molecule has 0 amide bonds. The molecule has 0 heterocycles. The van der Waals surface area contributed by atoms with Crippen molar-refractivity contribution in [2.24, 2.45) is 0 Å². The van der Waals surface area contributed by atoms with E-state index in [-0.39, 0.29) is 36.8 Å². The molecule has 0 aliphatic carbocycles. The zero-order valence-corrected chi connectivity index (χ0v) is 11.0. The zero-order valence-electron chi connectivity index (χ0n) is 4.45. The molecule has 4 radical (unpaired) electrons. The first-order chi connectivity index (χ1) is 3.46. The largest absolute Gasteiger partial charge is 4.00 e. The molecule has 0 N–H and O–H groups in total. The van der Waals surface area contributed by atoms with Gasteiger partial charge < -0.3 is 28.1 Å². The maximum atomic E-state index is 8.52. The molecular weight excluding hydrogens is 359 g/mol. The van der Waals surface area contributed by atoms with E-state index in [1.807, 2.05) is 0 Å². The molecule has 0 saturated heterocycles. The molecule has 0 fully saturated rings. The molecule has 0 aromatic rings. The van der Waals surface area contributed by atoms with E-state index in [2.05, 4.69) is 0 Å². The van der Waals surface area contributed by atoms with Crippen LogP contribution in [-0.2, 0) is 34.8 Å². The molecular formula is HfO6Si3. The maximum Gasteiger partial charge on any atom is 4.00 e. The second-order valence-electron chi connectivity index (χ2n) is 0.500. The SMILES string of the molecule is O=[Si]([O-])[O-].O=[Si]([O-])[O-].[Hf+4].[Si]. The zero-order chi connectivity index (χ0) is 7.15. The Labute approximate surface area is 83.1 Å². The first kappa shape index (κ1) is 22.4. The first-order valence-electron chi connectivity index (χ1n) is 1.22. The van der Waals surface area contributed by atoms with Crippen LogP contribution in [0, 0.1) is 0 Å². The van der Waals surface area contributed by atoms with Crippen LogP contribution in [0.4, 0.5) is 0 Å². The fourth-order valence-corrected chi connectivity index (χ4v) is 0. The maximum absolute atomic E-state index is 8.52. The van der Waals surface area contributed by atoms with Gasteiger partial charge in [-0.05, 0) is 0 Å². The number of rotatable bonds is 0. The van der Waals surface area contributed by atoms with Crippen LogP contribution in [0.1, 0.15) is 0 Å². The minimum atomic E-state index is -3.63. The summed E-state index contributed by atoms with van der Waals surface area (Å²) in [5.74, 6) is 0. The van der Waals surface area contributed by atoms with Crippen molar-refractivity contribution < 1.29 is 53.9 Å². The van der Waals surface area contributed by atoms with Crippen molar-refractivity contribution in [3.8, 4) is 0 Å². The molecule has 0 unspecified atom stereocenters. The predicted molar refractivity (Wildman–Crippen MR) is 18.6 cm³/mol. The van der Waals surface area contributed by atoms with Gasteiger partial charge in [0.1, 0.15) is 0 Å². The van der Waals surface area contributed by atoms with Gasteiger partial charge in [-0.2, -0.15) is 0 Å². The predicted octanol–water partition coefficient (Wildman–Crippen LogP) is -6.14. The van der Waals surface area contributed by atoms with Crippen LogP contribution in [0.3, 0.4) is 0 Å².